The van der Waals surface area contributed by atoms with E-state index in [0.717, 1.165) is 44.3 Å². The van der Waals surface area contributed by atoms with Crippen molar-refractivity contribution in [2.24, 2.45) is 17.0 Å². The van der Waals surface area contributed by atoms with Gasteiger partial charge in [0.25, 0.3) is 0 Å². The first-order chi connectivity index (χ1) is 26.4. The van der Waals surface area contributed by atoms with E-state index in [1.54, 1.807) is 17.9 Å². The van der Waals surface area contributed by atoms with E-state index in [9.17, 15) is 9.59 Å². The third kappa shape index (κ3) is 15.5. The first-order valence-electron chi connectivity index (χ1n) is 20.0. The minimum Gasteiger partial charge on any atom is -0.442 e. The van der Waals surface area contributed by atoms with Crippen LogP contribution in [0.15, 0.2) is 41.1 Å². The monoisotopic (exact) mass is 775 g/mol. The summed E-state index contributed by atoms with van der Waals surface area (Å²) in [5.41, 5.74) is 8.99. The fraction of sp³-hybridized carbons (Fsp3) is 0.800. The van der Waals surface area contributed by atoms with E-state index in [1.165, 1.54) is 6.08 Å². The van der Waals surface area contributed by atoms with Gasteiger partial charge in [0.2, 0.25) is 5.91 Å². The van der Waals surface area contributed by atoms with Crippen molar-refractivity contribution in [3.8, 4) is 0 Å². The second-order valence-electron chi connectivity index (χ2n) is 15.7. The molecule has 4 aliphatic rings. The Bertz CT molecular complexity index is 1340. The van der Waals surface area contributed by atoms with Crippen LogP contribution in [0.25, 0.3) is 10.4 Å². The molecule has 55 heavy (non-hydrogen) atoms. The first-order valence-corrected chi connectivity index (χ1v) is 20.0. The van der Waals surface area contributed by atoms with Crippen LogP contribution < -0.4 is 5.32 Å². The highest BCUT2D eigenvalue weighted by Crippen LogP contribution is 2.51. The van der Waals surface area contributed by atoms with Crippen LogP contribution in [0.3, 0.4) is 0 Å². The van der Waals surface area contributed by atoms with E-state index < -0.39 is 12.2 Å². The third-order valence-electron chi connectivity index (χ3n) is 10.6. The molecule has 15 nitrogen and oxygen atoms in total. The molecule has 4 saturated heterocycles. The Balaban J connectivity index is 1.17. The highest BCUT2D eigenvalue weighted by atomic mass is 16.6. The lowest BCUT2D eigenvalue weighted by molar-refractivity contribution is -0.146. The zero-order valence-electron chi connectivity index (χ0n) is 33.8. The van der Waals surface area contributed by atoms with Crippen molar-refractivity contribution in [1.29, 1.82) is 0 Å². The Kier molecular flexibility index (Phi) is 18.4. The molecule has 0 saturated carbocycles. The second-order valence-corrected chi connectivity index (χ2v) is 15.7. The molecule has 4 rings (SSSR count). The van der Waals surface area contributed by atoms with E-state index in [4.69, 9.17) is 43.4 Å². The Morgan fingerprint density at radius 3 is 2.44 bits per heavy atom. The number of rotatable bonds is 21. The van der Waals surface area contributed by atoms with Crippen LogP contribution in [-0.2, 0) is 42.7 Å². The zero-order chi connectivity index (χ0) is 39.7. The average Bonchev–Trinajstić information content (AvgIpc) is 3.91. The topological polar surface area (TPSA) is 175 Å². The van der Waals surface area contributed by atoms with Crippen molar-refractivity contribution >= 4 is 12.0 Å². The van der Waals surface area contributed by atoms with Gasteiger partial charge in [-0.1, -0.05) is 35.8 Å². The maximum absolute atomic E-state index is 12.8. The summed E-state index contributed by atoms with van der Waals surface area (Å²) in [5.74, 6) is 0.252. The smallest absolute Gasteiger partial charge is 0.410 e. The first kappa shape index (κ1) is 44.7. The van der Waals surface area contributed by atoms with E-state index in [2.05, 4.69) is 61.3 Å². The van der Waals surface area contributed by atoms with Crippen LogP contribution in [-0.4, -0.2) is 138 Å². The number of carbonyl (C=O) groups is 2. The predicted molar refractivity (Wildman–Crippen MR) is 206 cm³/mol. The van der Waals surface area contributed by atoms with Crippen LogP contribution in [0.4, 0.5) is 4.79 Å². The summed E-state index contributed by atoms with van der Waals surface area (Å²) in [6.07, 6.45) is 12.8. The van der Waals surface area contributed by atoms with Crippen LogP contribution >= 0.6 is 0 Å². The van der Waals surface area contributed by atoms with Crippen LogP contribution in [0.1, 0.15) is 73.6 Å². The average molecular weight is 776 g/mol. The number of nitrogens with zero attached hydrogens (tertiary/aromatic N) is 4. The summed E-state index contributed by atoms with van der Waals surface area (Å²) in [6.45, 7) is 18.4. The third-order valence-corrected chi connectivity index (χ3v) is 10.6. The number of hydrogen-bond donors (Lipinski definition) is 1. The number of azide groups is 1. The lowest BCUT2D eigenvalue weighted by Gasteiger charge is -2.44. The Morgan fingerprint density at radius 1 is 1.05 bits per heavy atom. The summed E-state index contributed by atoms with van der Waals surface area (Å²) in [7, 11) is 0. The highest BCUT2D eigenvalue weighted by molar-refractivity contribution is 5.87. The number of carbonyl (C=O) groups excluding carboxylic acids is 2. The minimum absolute atomic E-state index is 0.0384. The molecule has 0 aromatic heterocycles. The van der Waals surface area contributed by atoms with Crippen LogP contribution in [0.2, 0.25) is 0 Å². The van der Waals surface area contributed by atoms with Gasteiger partial charge in [-0.2, -0.15) is 0 Å². The van der Waals surface area contributed by atoms with Gasteiger partial charge in [0, 0.05) is 49.6 Å². The summed E-state index contributed by atoms with van der Waals surface area (Å²) in [4.78, 5) is 29.4. The van der Waals surface area contributed by atoms with E-state index >= 15 is 0 Å². The normalized spacial score (nSPS) is 30.0. The van der Waals surface area contributed by atoms with Crippen molar-refractivity contribution in [1.82, 2.24) is 10.2 Å². The molecule has 1 spiro atoms. The molecule has 310 valence electrons. The Morgan fingerprint density at radius 2 is 1.75 bits per heavy atom. The number of epoxide rings is 1. The molecule has 4 aliphatic heterocycles. The quantitative estimate of drug-likeness (QED) is 0.0290. The molecule has 15 heteroatoms. The number of hydrogen-bond acceptors (Lipinski definition) is 11. The zero-order valence-corrected chi connectivity index (χ0v) is 33.8. The lowest BCUT2D eigenvalue weighted by Crippen LogP contribution is -2.50. The SMILES string of the molecule is CC(C=C[C@H]1OC(C)(C)C[C@@]2(CO2)[C@@H]1CCCOCCOCCOCCN=[N+]=[N-])=CC[C@@H]1O[C@H](C)C(NC(=O)C=C[C@H](C)OC(=O)N2CCOCC2)C[C@@H]1C. The standard InChI is InChI=1S/C40H65N5O10/c1-29(9-12-35-30(2)26-34(32(4)54-35)43-37(46)14-11-31(3)53-38(47)45-16-20-50-21-17-45)10-13-36-33(40(28-52-40)27-39(5,6)55-36)8-7-18-48-22-24-51-25-23-49-19-15-42-44-41/h9-11,13-14,30-36H,7-8,12,15-28H2,1-6H3,(H,43,46)/t30-,31-,32+,33+,34?,35-,36+,40+/m0/s1. The van der Waals surface area contributed by atoms with E-state index in [-0.39, 0.29) is 53.3 Å². The van der Waals surface area contributed by atoms with Crippen molar-refractivity contribution in [3.05, 3.63) is 46.4 Å². The summed E-state index contributed by atoms with van der Waals surface area (Å²) in [6, 6.07) is -0.118. The van der Waals surface area contributed by atoms with Gasteiger partial charge in [-0.15, -0.1) is 0 Å². The molecule has 0 aromatic rings. The van der Waals surface area contributed by atoms with Gasteiger partial charge >= 0.3 is 6.09 Å². The molecule has 0 radical (unpaired) electrons. The van der Waals surface area contributed by atoms with Crippen molar-refractivity contribution < 1.29 is 47.5 Å². The summed E-state index contributed by atoms with van der Waals surface area (Å²) < 4.78 is 46.6. The number of morpholine rings is 1. The molecule has 4 heterocycles. The Hall–Kier alpha value is -3.01. The maximum Gasteiger partial charge on any atom is 0.410 e. The second kappa shape index (κ2) is 22.7. The fourth-order valence-corrected chi connectivity index (χ4v) is 7.55. The summed E-state index contributed by atoms with van der Waals surface area (Å²) in [5, 5.41) is 6.51. The molecule has 0 bridgehead atoms. The number of amides is 2. The maximum atomic E-state index is 12.8. The molecule has 8 atom stereocenters. The van der Waals surface area contributed by atoms with Crippen LogP contribution in [0.5, 0.6) is 0 Å². The highest BCUT2D eigenvalue weighted by Gasteiger charge is 2.59. The van der Waals surface area contributed by atoms with Gasteiger partial charge in [0.15, 0.2) is 0 Å². The molecular weight excluding hydrogens is 710 g/mol. The minimum atomic E-state index is -0.531. The molecule has 2 amide bonds. The number of ether oxygens (including phenoxy) is 8. The van der Waals surface area contributed by atoms with Crippen LogP contribution in [0, 0.1) is 11.8 Å². The lowest BCUT2D eigenvalue weighted by atomic mass is 9.75. The molecular formula is C40H65N5O10. The van der Waals surface area contributed by atoms with Gasteiger partial charge in [0.1, 0.15) is 6.10 Å². The fourth-order valence-electron chi connectivity index (χ4n) is 7.55. The van der Waals surface area contributed by atoms with Crippen molar-refractivity contribution in [3.63, 3.8) is 0 Å². The Labute approximate surface area is 327 Å². The predicted octanol–water partition coefficient (Wildman–Crippen LogP) is 5.68. The van der Waals surface area contributed by atoms with E-state index in [1.807, 2.05) is 6.92 Å². The van der Waals surface area contributed by atoms with Crippen molar-refractivity contribution in [2.45, 2.75) is 115 Å². The molecule has 1 N–H and O–H groups in total. The van der Waals surface area contributed by atoms with Gasteiger partial charge in [0.05, 0.1) is 88.4 Å². The largest absolute Gasteiger partial charge is 0.442 e. The summed E-state index contributed by atoms with van der Waals surface area (Å²) >= 11 is 0. The molecule has 1 unspecified atom stereocenters. The number of allylic oxidation sites excluding steroid dienone is 2. The molecule has 0 aliphatic carbocycles. The van der Waals surface area contributed by atoms with Gasteiger partial charge in [-0.05, 0) is 77.8 Å². The van der Waals surface area contributed by atoms with Gasteiger partial charge in [-0.3, -0.25) is 4.79 Å². The van der Waals surface area contributed by atoms with E-state index in [0.29, 0.717) is 72.5 Å². The molecule has 0 aromatic carbocycles. The number of nitrogens with one attached hydrogen (secondary N) is 1. The van der Waals surface area contributed by atoms with Gasteiger partial charge in [-0.25, -0.2) is 4.79 Å². The van der Waals surface area contributed by atoms with Gasteiger partial charge < -0.3 is 48.1 Å². The van der Waals surface area contributed by atoms with Crippen molar-refractivity contribution in [2.75, 3.05) is 79.1 Å². The molecule has 4 fully saturated rings.